The molecule has 0 amide bonds. The van der Waals surface area contributed by atoms with E-state index >= 15 is 0 Å². The van der Waals surface area contributed by atoms with Gasteiger partial charge in [0.05, 0.1) is 47.5 Å². The molecule has 0 radical (unpaired) electrons. The summed E-state index contributed by atoms with van der Waals surface area (Å²) in [6, 6.07) is 20.9. The molecule has 1 aliphatic heterocycles. The highest BCUT2D eigenvalue weighted by molar-refractivity contribution is 7.87. The highest BCUT2D eigenvalue weighted by Crippen LogP contribution is 2.30. The monoisotopic (exact) mass is 659 g/mol. The Morgan fingerprint density at radius 1 is 1.02 bits per heavy atom. The lowest BCUT2D eigenvalue weighted by molar-refractivity contribution is -0.200. The second-order valence-electron chi connectivity index (χ2n) is 9.72. The van der Waals surface area contributed by atoms with Crippen molar-refractivity contribution >= 4 is 33.9 Å². The predicted molar refractivity (Wildman–Crippen MR) is 162 cm³/mol. The van der Waals surface area contributed by atoms with Crippen LogP contribution < -0.4 is 10.2 Å². The Labute approximate surface area is 264 Å². The summed E-state index contributed by atoms with van der Waals surface area (Å²) >= 11 is 6.53. The number of carbonyl (C=O) groups is 1. The second kappa shape index (κ2) is 15.3. The Morgan fingerprint density at radius 2 is 1.84 bits per heavy atom. The van der Waals surface area contributed by atoms with Crippen molar-refractivity contribution in [2.45, 2.75) is 30.8 Å². The van der Waals surface area contributed by atoms with Gasteiger partial charge in [-0.1, -0.05) is 58.7 Å². The highest BCUT2D eigenvalue weighted by Gasteiger charge is 2.40. The van der Waals surface area contributed by atoms with Crippen LogP contribution in [0.15, 0.2) is 93.6 Å². The third kappa shape index (κ3) is 8.99. The van der Waals surface area contributed by atoms with Crippen LogP contribution in [0, 0.1) is 0 Å². The molecule has 14 heteroatoms. The first-order chi connectivity index (χ1) is 21.8. The number of carbonyl (C=O) groups excluding carboxylic acids is 1. The molecule has 9 nitrogen and oxygen atoms in total. The maximum atomic E-state index is 12.3. The summed E-state index contributed by atoms with van der Waals surface area (Å²) in [6.45, 7) is 0.751. The maximum Gasteiger partial charge on any atom is 0.490 e. The van der Waals surface area contributed by atoms with Crippen molar-refractivity contribution in [2.75, 3.05) is 32.1 Å². The Morgan fingerprint density at radius 3 is 2.60 bits per heavy atom. The van der Waals surface area contributed by atoms with Crippen molar-refractivity contribution < 1.29 is 32.2 Å². The molecule has 0 saturated carbocycles. The lowest BCUT2D eigenvalue weighted by atomic mass is 10.2. The van der Waals surface area contributed by atoms with Crippen molar-refractivity contribution in [1.29, 1.82) is 0 Å². The molecule has 0 spiro atoms. The fourth-order valence-corrected chi connectivity index (χ4v) is 6.68. The van der Waals surface area contributed by atoms with Crippen LogP contribution in [0.4, 0.5) is 18.9 Å². The Kier molecular flexibility index (Phi) is 11.0. The number of pyridine rings is 1. The predicted octanol–water partition coefficient (Wildman–Crippen LogP) is 5.63. The summed E-state index contributed by atoms with van der Waals surface area (Å²) in [6.07, 6.45) is -0.832. The van der Waals surface area contributed by atoms with Gasteiger partial charge in [0.25, 0.3) is 0 Å². The molecular formula is C31H29ClF3N5O4S. The van der Waals surface area contributed by atoms with Gasteiger partial charge in [-0.3, -0.25) is 9.35 Å². The first-order valence-electron chi connectivity index (χ1n) is 14.0. The van der Waals surface area contributed by atoms with Crippen LogP contribution in [0.3, 0.4) is 0 Å². The first-order valence-corrected chi connectivity index (χ1v) is 15.7. The van der Waals surface area contributed by atoms with Gasteiger partial charge in [-0.15, -0.1) is 0 Å². The Hall–Kier alpha value is -4.07. The molecule has 1 unspecified atom stereocenters. The number of hydrogen-bond donors (Lipinski definition) is 0. The van der Waals surface area contributed by atoms with Gasteiger partial charge in [0, 0.05) is 24.1 Å². The van der Waals surface area contributed by atoms with E-state index in [0.717, 1.165) is 34.0 Å². The van der Waals surface area contributed by atoms with Crippen LogP contribution in [0.2, 0.25) is 5.02 Å². The molecule has 2 aromatic heterocycles. The normalized spacial score (nSPS) is 14.8. The molecule has 0 N–H and O–H groups in total. The third-order valence-electron chi connectivity index (χ3n) is 6.50. The summed E-state index contributed by atoms with van der Waals surface area (Å²) < 4.78 is 59.0. The molecule has 0 fully saturated rings. The molecule has 0 saturated heterocycles. The number of fused-ring (bicyclic) bond motifs is 1. The zero-order valence-electron chi connectivity index (χ0n) is 24.0. The topological polar surface area (TPSA) is 100 Å². The van der Waals surface area contributed by atoms with Crippen molar-refractivity contribution in [3.63, 3.8) is 0 Å². The quantitative estimate of drug-likeness (QED) is 0.111. The van der Waals surface area contributed by atoms with Crippen LogP contribution >= 0.6 is 11.6 Å². The second-order valence-corrected chi connectivity index (χ2v) is 11.9. The number of alkyl halides is 3. The smallest absolute Gasteiger partial charge is 0.486 e. The van der Waals surface area contributed by atoms with Gasteiger partial charge < -0.3 is 18.8 Å². The number of rotatable bonds is 12. The molecule has 3 heterocycles. The summed E-state index contributed by atoms with van der Waals surface area (Å²) in [4.78, 5) is 24.6. The van der Waals surface area contributed by atoms with Crippen molar-refractivity contribution in [2.24, 2.45) is 9.36 Å². The fraction of sp³-hybridized carbons (Fsp3) is 0.290. The minimum atomic E-state index is -5.02. The molecule has 2 aromatic carbocycles. The number of benzene rings is 2. The molecule has 1 aliphatic rings. The maximum absolute atomic E-state index is 12.3. The van der Waals surface area contributed by atoms with Crippen LogP contribution in [-0.4, -0.2) is 58.8 Å². The lowest BCUT2D eigenvalue weighted by Gasteiger charge is -2.14. The van der Waals surface area contributed by atoms with Crippen molar-refractivity contribution in [1.82, 2.24) is 14.5 Å². The van der Waals surface area contributed by atoms with Gasteiger partial charge in [-0.25, -0.2) is 14.8 Å². The number of hydrogen-bond acceptors (Lipinski definition) is 8. The number of ether oxygens (including phenoxy) is 3. The standard InChI is InChI=1S/C31H29ClF3N5O4S/c32-26-18-23(9-10-27(26)44-20-24-8-4-5-12-36-24)39-28-25-11-17-45(38-13-14-42-15-16-43-30(41)31(33,34)35)29(25)40(21-37-28)19-22-6-2-1-3-7-22/h1-10,12,18,21H,11,13-17,19-20H2. The minimum absolute atomic E-state index is 0.155. The van der Waals surface area contributed by atoms with E-state index < -0.39 is 29.4 Å². The van der Waals surface area contributed by atoms with Gasteiger partial charge in [0.2, 0.25) is 0 Å². The van der Waals surface area contributed by atoms with E-state index in [2.05, 4.69) is 14.3 Å². The van der Waals surface area contributed by atoms with Crippen LogP contribution in [-0.2, 0) is 44.5 Å². The van der Waals surface area contributed by atoms with Crippen LogP contribution in [0.1, 0.15) is 16.8 Å². The Bertz CT molecular complexity index is 1720. The van der Waals surface area contributed by atoms with Gasteiger partial charge >= 0.3 is 12.1 Å². The van der Waals surface area contributed by atoms with Crippen molar-refractivity contribution in [3.8, 4) is 5.75 Å². The van der Waals surface area contributed by atoms with Gasteiger partial charge in [0.1, 0.15) is 19.0 Å². The lowest BCUT2D eigenvalue weighted by Crippen LogP contribution is -2.26. The van der Waals surface area contributed by atoms with Gasteiger partial charge in [-0.05, 0) is 42.3 Å². The van der Waals surface area contributed by atoms with E-state index in [9.17, 15) is 18.0 Å². The third-order valence-corrected chi connectivity index (χ3v) is 8.81. The van der Waals surface area contributed by atoms with E-state index in [1.165, 1.54) is 0 Å². The molecule has 4 aromatic rings. The average Bonchev–Trinajstić information content (AvgIpc) is 3.46. The van der Waals surface area contributed by atoms with E-state index in [4.69, 9.17) is 35.4 Å². The van der Waals surface area contributed by atoms with E-state index in [1.54, 1.807) is 24.7 Å². The SMILES string of the molecule is O=C(OCCOCCN=S1CCc2c1n(Cc1ccccc1)cnc2=Nc1ccc(OCc2ccccn2)c(Cl)c1)C(F)(F)F. The zero-order chi connectivity index (χ0) is 31.6. The first kappa shape index (κ1) is 32.3. The molecule has 236 valence electrons. The van der Waals surface area contributed by atoms with Gasteiger partial charge in [-0.2, -0.15) is 13.2 Å². The number of esters is 1. The molecule has 1 atom stereocenters. The van der Waals surface area contributed by atoms with Gasteiger partial charge in [0.15, 0.2) is 5.49 Å². The number of nitrogens with zero attached hydrogens (tertiary/aromatic N) is 5. The molecule has 0 bridgehead atoms. The fourth-order valence-electron chi connectivity index (χ4n) is 4.45. The van der Waals surface area contributed by atoms with E-state index in [-0.39, 0.29) is 19.8 Å². The largest absolute Gasteiger partial charge is 0.490 e. The molecular weight excluding hydrogens is 631 g/mol. The summed E-state index contributed by atoms with van der Waals surface area (Å²) in [5.74, 6) is -0.943. The highest BCUT2D eigenvalue weighted by atomic mass is 35.5. The van der Waals surface area contributed by atoms with E-state index in [0.29, 0.717) is 35.0 Å². The number of halogens is 4. The molecule has 5 rings (SSSR count). The number of aromatic nitrogens is 3. The Balaban J connectivity index is 1.32. The molecule has 45 heavy (non-hydrogen) atoms. The summed E-state index contributed by atoms with van der Waals surface area (Å²) in [7, 11) is -0.489. The minimum Gasteiger partial charge on any atom is -0.486 e. The van der Waals surface area contributed by atoms with E-state index in [1.807, 2.05) is 54.6 Å². The summed E-state index contributed by atoms with van der Waals surface area (Å²) in [5.41, 5.74) is 4.10. The van der Waals surface area contributed by atoms with Crippen LogP contribution in [0.25, 0.3) is 0 Å². The average molecular weight is 660 g/mol. The van der Waals surface area contributed by atoms with Crippen LogP contribution in [0.5, 0.6) is 5.75 Å². The molecule has 0 aliphatic carbocycles. The zero-order valence-corrected chi connectivity index (χ0v) is 25.5. The van der Waals surface area contributed by atoms with Crippen molar-refractivity contribution in [3.05, 3.63) is 107 Å². The summed E-state index contributed by atoms with van der Waals surface area (Å²) in [5, 5.41) is 1.44.